The molecule has 2 N–H and O–H groups in total. The predicted octanol–water partition coefficient (Wildman–Crippen LogP) is -0.0933. The second-order valence-corrected chi connectivity index (χ2v) is 5.36. The molecule has 2 aliphatic heterocycles. The van der Waals surface area contributed by atoms with Crippen LogP contribution in [0.15, 0.2) is 0 Å². The number of aliphatic hydroxyl groups excluding tert-OH is 2. The van der Waals surface area contributed by atoms with Gasteiger partial charge < -0.3 is 24.4 Å². The van der Waals surface area contributed by atoms with Gasteiger partial charge >= 0.3 is 0 Å². The first-order chi connectivity index (χ1) is 7.06. The monoisotopic (exact) mass is 690 g/mol. The van der Waals surface area contributed by atoms with Crippen molar-refractivity contribution < 1.29 is 113 Å². The van der Waals surface area contributed by atoms with Crippen LogP contribution in [0.1, 0.15) is 13.8 Å². The van der Waals surface area contributed by atoms with Gasteiger partial charge in [0.05, 0.1) is 6.61 Å². The van der Waals surface area contributed by atoms with Crippen molar-refractivity contribution in [1.82, 2.24) is 0 Å². The van der Waals surface area contributed by atoms with E-state index in [1.807, 2.05) is 6.92 Å². The molecule has 0 aromatic rings. The first kappa shape index (κ1) is 20.0. The minimum Gasteiger partial charge on any atom is -0.388 e. The first-order valence-corrected chi connectivity index (χ1v) is 6.01. The van der Waals surface area contributed by atoms with Crippen LogP contribution < -0.4 is 0 Å². The van der Waals surface area contributed by atoms with Crippen molar-refractivity contribution in [2.24, 2.45) is 0 Å². The number of thioether (sulfide) groups is 1. The molecule has 0 aromatic carbocycles. The summed E-state index contributed by atoms with van der Waals surface area (Å²) >= 11 is 1.49. The molecule has 5 nitrogen and oxygen atoms in total. The molecule has 2 heterocycles. The standard InChI is InChI=1S/C9H16O5S.2Ac/c1-3-15-9(2)13-7-6(11)5(10)4-12-8(7)14-9;;/h5-8,10-11H,3-4H2,1-2H3;;/t5-,6+,7-,8-,9+;;/m1../s1. The van der Waals surface area contributed by atoms with E-state index in [1.165, 1.54) is 11.8 Å². The minimum absolute atomic E-state index is 0. The van der Waals surface area contributed by atoms with E-state index in [0.717, 1.165) is 5.75 Å². The Morgan fingerprint density at radius 3 is 2.53 bits per heavy atom. The number of rotatable bonds is 2. The molecule has 2 saturated heterocycles. The Bertz CT molecular complexity index is 247. The summed E-state index contributed by atoms with van der Waals surface area (Å²) in [6.45, 7) is 3.87. The smallest absolute Gasteiger partial charge is 0.218 e. The van der Waals surface area contributed by atoms with Crippen LogP contribution in [0, 0.1) is 88.1 Å². The average Bonchev–Trinajstić information content (AvgIpc) is 2.50. The van der Waals surface area contributed by atoms with Gasteiger partial charge in [-0.15, -0.1) is 0 Å². The number of hydrogen-bond acceptors (Lipinski definition) is 6. The number of aliphatic hydroxyl groups is 2. The maximum Gasteiger partial charge on any atom is 0.218 e. The molecule has 0 spiro atoms. The van der Waals surface area contributed by atoms with Crippen LogP contribution in [0.2, 0.25) is 0 Å². The molecular formula is C9H16Ac2O5S. The van der Waals surface area contributed by atoms with E-state index in [2.05, 4.69) is 0 Å². The Hall–Kier alpha value is 3.03. The van der Waals surface area contributed by atoms with E-state index in [-0.39, 0.29) is 94.7 Å². The molecule has 5 atom stereocenters. The fourth-order valence-corrected chi connectivity index (χ4v) is 2.68. The Labute approximate surface area is 177 Å². The van der Waals surface area contributed by atoms with Gasteiger partial charge in [0, 0.05) is 95.0 Å². The van der Waals surface area contributed by atoms with Gasteiger partial charge in [-0.3, -0.25) is 0 Å². The minimum atomic E-state index is -0.942. The van der Waals surface area contributed by atoms with Crippen molar-refractivity contribution >= 4 is 11.8 Å². The molecule has 17 heavy (non-hydrogen) atoms. The van der Waals surface area contributed by atoms with Crippen LogP contribution in [-0.4, -0.2) is 52.3 Å². The zero-order chi connectivity index (χ0) is 11.1. The third-order valence-electron chi connectivity index (χ3n) is 2.52. The Kier molecular flexibility index (Phi) is 9.98. The molecule has 2 radical (unpaired) electrons. The third-order valence-corrected chi connectivity index (χ3v) is 3.52. The molecule has 0 unspecified atom stereocenters. The van der Waals surface area contributed by atoms with Gasteiger partial charge in [0.25, 0.3) is 0 Å². The van der Waals surface area contributed by atoms with Gasteiger partial charge in [0.1, 0.15) is 18.3 Å². The molecule has 2 fully saturated rings. The maximum atomic E-state index is 9.70. The Morgan fingerprint density at radius 2 is 1.94 bits per heavy atom. The molecule has 0 aliphatic carbocycles. The van der Waals surface area contributed by atoms with Crippen LogP contribution in [0.25, 0.3) is 0 Å². The zero-order valence-corrected chi connectivity index (χ0v) is 20.2. The first-order valence-electron chi connectivity index (χ1n) is 5.03. The summed E-state index contributed by atoms with van der Waals surface area (Å²) < 4.78 is 16.4. The zero-order valence-electron chi connectivity index (χ0n) is 9.91. The van der Waals surface area contributed by atoms with Crippen LogP contribution in [0.3, 0.4) is 0 Å². The normalized spacial score (nSPS) is 44.5. The SMILES string of the molecule is CCS[C@]1(C)O[C@H]2OC[C@@H](O)[C@H](O)[C@H]2O1.[Ac].[Ac]. The average molecular weight is 690 g/mol. The number of hydrogen-bond donors (Lipinski definition) is 2. The van der Waals surface area contributed by atoms with E-state index in [9.17, 15) is 10.2 Å². The molecule has 0 saturated carbocycles. The molecule has 2 aliphatic rings. The fraction of sp³-hybridized carbons (Fsp3) is 1.00. The van der Waals surface area contributed by atoms with Gasteiger partial charge in [-0.25, -0.2) is 0 Å². The third kappa shape index (κ3) is 4.77. The molecular weight excluding hydrogens is 674 g/mol. The molecule has 94 valence electrons. The van der Waals surface area contributed by atoms with Gasteiger partial charge in [-0.1, -0.05) is 18.7 Å². The van der Waals surface area contributed by atoms with E-state index < -0.39 is 29.7 Å². The molecule has 0 bridgehead atoms. The summed E-state index contributed by atoms with van der Waals surface area (Å²) in [6.07, 6.45) is -3.02. The topological polar surface area (TPSA) is 68.2 Å². The Balaban J connectivity index is 0.00000128. The quantitative estimate of drug-likeness (QED) is 0.423. The molecule has 0 amide bonds. The van der Waals surface area contributed by atoms with Gasteiger partial charge in [0.2, 0.25) is 5.12 Å². The summed E-state index contributed by atoms with van der Waals surface area (Å²) in [5, 5.41) is 18.3. The van der Waals surface area contributed by atoms with Crippen molar-refractivity contribution in [1.29, 1.82) is 0 Å². The van der Waals surface area contributed by atoms with Gasteiger partial charge in [-0.2, -0.15) is 0 Å². The second kappa shape index (κ2) is 8.47. The van der Waals surface area contributed by atoms with Crippen molar-refractivity contribution in [3.8, 4) is 0 Å². The van der Waals surface area contributed by atoms with Crippen LogP contribution >= 0.6 is 11.8 Å². The van der Waals surface area contributed by atoms with E-state index in [4.69, 9.17) is 14.2 Å². The van der Waals surface area contributed by atoms with Crippen molar-refractivity contribution in [2.75, 3.05) is 12.4 Å². The predicted molar refractivity (Wildman–Crippen MR) is 54.2 cm³/mol. The van der Waals surface area contributed by atoms with E-state index in [0.29, 0.717) is 0 Å². The summed E-state index contributed by atoms with van der Waals surface area (Å²) in [6, 6.07) is 0. The number of fused-ring (bicyclic) bond motifs is 1. The maximum absolute atomic E-state index is 9.70. The van der Waals surface area contributed by atoms with Crippen molar-refractivity contribution in [2.45, 2.75) is 43.6 Å². The Morgan fingerprint density at radius 1 is 1.29 bits per heavy atom. The van der Waals surface area contributed by atoms with Crippen molar-refractivity contribution in [3.05, 3.63) is 0 Å². The van der Waals surface area contributed by atoms with E-state index in [1.54, 1.807) is 6.92 Å². The van der Waals surface area contributed by atoms with Gasteiger partial charge in [0.15, 0.2) is 6.29 Å². The molecule has 8 heteroatoms. The van der Waals surface area contributed by atoms with Crippen molar-refractivity contribution in [3.63, 3.8) is 0 Å². The fourth-order valence-electron chi connectivity index (χ4n) is 1.81. The van der Waals surface area contributed by atoms with E-state index >= 15 is 0 Å². The van der Waals surface area contributed by atoms with Gasteiger partial charge in [-0.05, 0) is 5.75 Å². The van der Waals surface area contributed by atoms with Crippen LogP contribution in [0.5, 0.6) is 0 Å². The summed E-state index contributed by atoms with van der Waals surface area (Å²) in [5.74, 6) is 0.842. The number of ether oxygens (including phenoxy) is 3. The van der Waals surface area contributed by atoms with Crippen LogP contribution in [-0.2, 0) is 14.2 Å². The molecule has 0 aromatic heterocycles. The summed E-state index contributed by atoms with van der Waals surface area (Å²) in [5.41, 5.74) is 0. The summed E-state index contributed by atoms with van der Waals surface area (Å²) in [7, 11) is 0. The summed E-state index contributed by atoms with van der Waals surface area (Å²) in [4.78, 5) is 0. The second-order valence-electron chi connectivity index (χ2n) is 3.76. The van der Waals surface area contributed by atoms with Crippen LogP contribution in [0.4, 0.5) is 0 Å². The largest absolute Gasteiger partial charge is 0.388 e. The molecule has 2 rings (SSSR count).